The van der Waals surface area contributed by atoms with Crippen LogP contribution in [0.4, 0.5) is 0 Å². The van der Waals surface area contributed by atoms with Gasteiger partial charge in [0.15, 0.2) is 0 Å². The number of thioether (sulfide) groups is 1. The summed E-state index contributed by atoms with van der Waals surface area (Å²) >= 11 is 1.79. The molecule has 0 bridgehead atoms. The Bertz CT molecular complexity index is 729. The number of nitrogens with one attached hydrogen (secondary N) is 1. The number of carbonyl (C=O) groups is 1. The van der Waals surface area contributed by atoms with Gasteiger partial charge in [0.05, 0.1) is 0 Å². The maximum atomic E-state index is 11.7. The number of nitrogens with zero attached hydrogens (tertiary/aromatic N) is 1. The minimum atomic E-state index is 0.0495. The van der Waals surface area contributed by atoms with Gasteiger partial charge in [-0.05, 0) is 30.4 Å². The summed E-state index contributed by atoms with van der Waals surface area (Å²) in [5, 5.41) is 3.16. The molecule has 0 aromatic heterocycles. The van der Waals surface area contributed by atoms with Crippen LogP contribution < -0.4 is 5.32 Å². The predicted octanol–water partition coefficient (Wildman–Crippen LogP) is 3.82. The smallest absolute Gasteiger partial charge is 0.217 e. The zero-order chi connectivity index (χ0) is 17.8. The highest BCUT2D eigenvalue weighted by atomic mass is 32.2. The number of rotatable bonds is 5. The first-order valence-electron chi connectivity index (χ1n) is 8.74. The Morgan fingerprint density at radius 1 is 1.16 bits per heavy atom. The average molecular weight is 355 g/mol. The molecule has 0 aliphatic carbocycles. The first-order chi connectivity index (χ1) is 12.1. The van der Waals surface area contributed by atoms with Gasteiger partial charge in [0.2, 0.25) is 5.91 Å². The first-order valence-corrected chi connectivity index (χ1v) is 9.97. The molecule has 0 saturated carbocycles. The molecule has 3 rings (SSSR count). The maximum absolute atomic E-state index is 11.7. The zero-order valence-corrected chi connectivity index (χ0v) is 16.0. The number of amides is 1. The van der Waals surface area contributed by atoms with Crippen molar-refractivity contribution in [3.8, 4) is 0 Å². The van der Waals surface area contributed by atoms with Crippen molar-refractivity contribution in [2.45, 2.75) is 37.2 Å². The molecule has 1 amide bonds. The highest BCUT2D eigenvalue weighted by Crippen LogP contribution is 2.30. The lowest BCUT2D eigenvalue weighted by Gasteiger charge is -2.19. The number of hydrogen-bond acceptors (Lipinski definition) is 3. The van der Waals surface area contributed by atoms with Crippen LogP contribution in [0.3, 0.4) is 0 Å². The summed E-state index contributed by atoms with van der Waals surface area (Å²) in [4.78, 5) is 15.5. The maximum Gasteiger partial charge on any atom is 0.217 e. The summed E-state index contributed by atoms with van der Waals surface area (Å²) < 4.78 is 0. The van der Waals surface area contributed by atoms with Gasteiger partial charge in [0.1, 0.15) is 0 Å². The Kier molecular flexibility index (Phi) is 5.82. The molecule has 25 heavy (non-hydrogen) atoms. The average Bonchev–Trinajstić information content (AvgIpc) is 2.97. The highest BCUT2D eigenvalue weighted by Gasteiger charge is 2.34. The van der Waals surface area contributed by atoms with Crippen molar-refractivity contribution >= 4 is 17.7 Å². The fraction of sp³-hybridized carbons (Fsp3) is 0.381. The van der Waals surface area contributed by atoms with E-state index in [-0.39, 0.29) is 11.9 Å². The number of aryl methyl sites for hydroxylation is 1. The van der Waals surface area contributed by atoms with E-state index in [0.29, 0.717) is 5.92 Å². The van der Waals surface area contributed by atoms with Crippen molar-refractivity contribution in [1.29, 1.82) is 0 Å². The monoisotopic (exact) mass is 354 g/mol. The van der Waals surface area contributed by atoms with Gasteiger partial charge in [-0.15, -0.1) is 11.8 Å². The number of carbonyl (C=O) groups excluding carboxylic acids is 1. The molecule has 1 aliphatic heterocycles. The van der Waals surface area contributed by atoms with E-state index in [1.165, 1.54) is 21.6 Å². The van der Waals surface area contributed by atoms with Crippen LogP contribution in [-0.2, 0) is 11.3 Å². The molecule has 3 nitrogen and oxygen atoms in total. The van der Waals surface area contributed by atoms with Crippen LogP contribution in [0.15, 0.2) is 53.4 Å². The molecule has 2 unspecified atom stereocenters. The predicted molar refractivity (Wildman–Crippen MR) is 105 cm³/mol. The molecular formula is C21H26N2OS. The summed E-state index contributed by atoms with van der Waals surface area (Å²) in [6.07, 6.45) is 2.12. The lowest BCUT2D eigenvalue weighted by Crippen LogP contribution is -2.38. The molecule has 0 spiro atoms. The molecule has 132 valence electrons. The second kappa shape index (κ2) is 8.07. The fourth-order valence-electron chi connectivity index (χ4n) is 3.65. The van der Waals surface area contributed by atoms with Crippen LogP contribution in [0.1, 0.15) is 29.5 Å². The van der Waals surface area contributed by atoms with Crippen molar-refractivity contribution in [3.05, 3.63) is 65.2 Å². The van der Waals surface area contributed by atoms with Crippen molar-refractivity contribution in [3.63, 3.8) is 0 Å². The van der Waals surface area contributed by atoms with Crippen LogP contribution in [0, 0.1) is 6.92 Å². The van der Waals surface area contributed by atoms with Crippen LogP contribution in [0.2, 0.25) is 0 Å². The second-order valence-electron chi connectivity index (χ2n) is 6.83. The summed E-state index contributed by atoms with van der Waals surface area (Å²) in [5.74, 6) is 0.388. The third-order valence-corrected chi connectivity index (χ3v) is 5.71. The van der Waals surface area contributed by atoms with E-state index in [2.05, 4.69) is 71.9 Å². The normalized spacial score (nSPS) is 20.6. The van der Waals surface area contributed by atoms with Gasteiger partial charge in [-0.3, -0.25) is 9.69 Å². The zero-order valence-electron chi connectivity index (χ0n) is 15.2. The minimum absolute atomic E-state index is 0.0495. The molecule has 1 saturated heterocycles. The van der Waals surface area contributed by atoms with Crippen LogP contribution in [-0.4, -0.2) is 36.2 Å². The molecule has 2 aromatic carbocycles. The second-order valence-corrected chi connectivity index (χ2v) is 7.68. The lowest BCUT2D eigenvalue weighted by atomic mass is 9.93. The molecule has 1 heterocycles. The molecule has 0 radical (unpaired) electrons. The van der Waals surface area contributed by atoms with E-state index in [1.54, 1.807) is 18.7 Å². The van der Waals surface area contributed by atoms with Gasteiger partial charge < -0.3 is 5.32 Å². The van der Waals surface area contributed by atoms with Crippen molar-refractivity contribution in [2.24, 2.45) is 0 Å². The summed E-state index contributed by atoms with van der Waals surface area (Å²) in [6, 6.07) is 17.5. The number of benzene rings is 2. The highest BCUT2D eigenvalue weighted by molar-refractivity contribution is 7.98. The largest absolute Gasteiger partial charge is 0.352 e. The van der Waals surface area contributed by atoms with Gasteiger partial charge in [0.25, 0.3) is 0 Å². The van der Waals surface area contributed by atoms with Crippen molar-refractivity contribution < 1.29 is 4.79 Å². The third kappa shape index (κ3) is 4.44. The van der Waals surface area contributed by atoms with Gasteiger partial charge in [-0.1, -0.05) is 48.0 Å². The van der Waals surface area contributed by atoms with Crippen LogP contribution in [0.5, 0.6) is 0 Å². The van der Waals surface area contributed by atoms with Gasteiger partial charge in [-0.2, -0.15) is 0 Å². The molecular weight excluding hydrogens is 328 g/mol. The Morgan fingerprint density at radius 2 is 1.88 bits per heavy atom. The molecule has 2 aromatic rings. The minimum Gasteiger partial charge on any atom is -0.352 e. The van der Waals surface area contributed by atoms with E-state index < -0.39 is 0 Å². The Morgan fingerprint density at radius 3 is 2.56 bits per heavy atom. The molecule has 4 heteroatoms. The molecule has 1 fully saturated rings. The van der Waals surface area contributed by atoms with Crippen LogP contribution >= 0.6 is 11.8 Å². The quantitative estimate of drug-likeness (QED) is 0.829. The molecule has 2 atom stereocenters. The number of hydrogen-bond donors (Lipinski definition) is 1. The van der Waals surface area contributed by atoms with Crippen LogP contribution in [0.25, 0.3) is 0 Å². The molecule has 1 aliphatic rings. The Labute approximate surface area is 154 Å². The van der Waals surface area contributed by atoms with E-state index in [4.69, 9.17) is 0 Å². The Hall–Kier alpha value is -1.78. The summed E-state index contributed by atoms with van der Waals surface area (Å²) in [7, 11) is 0. The van der Waals surface area contributed by atoms with Gasteiger partial charge in [-0.25, -0.2) is 0 Å². The van der Waals surface area contributed by atoms with Gasteiger partial charge >= 0.3 is 0 Å². The van der Waals surface area contributed by atoms with Crippen molar-refractivity contribution in [1.82, 2.24) is 10.2 Å². The van der Waals surface area contributed by atoms with E-state index >= 15 is 0 Å². The third-order valence-electron chi connectivity index (χ3n) is 4.88. The van der Waals surface area contributed by atoms with E-state index in [0.717, 1.165) is 19.6 Å². The first kappa shape index (κ1) is 18.0. The SMILES string of the molecule is CSc1ccccc1CN1CC(NC(C)=O)C(c2ccc(C)cc2)C1. The van der Waals surface area contributed by atoms with E-state index in [9.17, 15) is 4.79 Å². The lowest BCUT2D eigenvalue weighted by molar-refractivity contribution is -0.119. The summed E-state index contributed by atoms with van der Waals surface area (Å²) in [5.41, 5.74) is 3.94. The fourth-order valence-corrected chi connectivity index (χ4v) is 4.26. The van der Waals surface area contributed by atoms with E-state index in [1.807, 2.05) is 0 Å². The standard InChI is InChI=1S/C21H26N2OS/c1-15-8-10-17(11-9-15)19-13-23(14-20(19)22-16(2)24)12-18-6-4-5-7-21(18)25-3/h4-11,19-20H,12-14H2,1-3H3,(H,22,24). The Balaban J connectivity index is 1.79. The molecule has 1 N–H and O–H groups in total. The topological polar surface area (TPSA) is 32.3 Å². The van der Waals surface area contributed by atoms with Gasteiger partial charge in [0, 0.05) is 43.4 Å². The number of likely N-dealkylation sites (tertiary alicyclic amines) is 1. The summed E-state index contributed by atoms with van der Waals surface area (Å²) in [6.45, 7) is 6.50. The van der Waals surface area contributed by atoms with Crippen molar-refractivity contribution in [2.75, 3.05) is 19.3 Å².